The predicted octanol–water partition coefficient (Wildman–Crippen LogP) is 19.1. The van der Waals surface area contributed by atoms with Gasteiger partial charge in [0, 0.05) is 0 Å². The van der Waals surface area contributed by atoms with E-state index in [0.717, 1.165) is 50.3 Å². The van der Waals surface area contributed by atoms with E-state index in [1.54, 1.807) is 0 Å². The molecule has 0 aromatic heterocycles. The van der Waals surface area contributed by atoms with Gasteiger partial charge in [-0.2, -0.15) is 0 Å². The number of unbranched alkanes of at least 4 members (excludes halogenated alkanes) is 36. The normalized spacial score (nSPS) is 13.0. The standard InChI is InChI=1S/C52H107O3PS/c1-7-11-15-19-23-27-31-35-39-43-47-56(55-57(53,54)51-52(5)6,48-44-40-36-32-28-24-20-16-12-8-2,49-45-41-37-33-29-25-21-17-13-9-3)50-46-42-38-34-30-26-22-18-14-10-4/h5,7-51H2,1-4,6H3. The molecule has 0 unspecified atom stereocenters. The van der Waals surface area contributed by atoms with Crippen LogP contribution in [0.4, 0.5) is 0 Å². The summed E-state index contributed by atoms with van der Waals surface area (Å²) in [4.78, 5) is 0. The minimum atomic E-state index is -3.69. The van der Waals surface area contributed by atoms with Gasteiger partial charge in [-0.05, 0) is 0 Å². The molecule has 0 saturated carbocycles. The fraction of sp³-hybridized carbons (Fsp3) is 0.962. The van der Waals surface area contributed by atoms with Gasteiger partial charge < -0.3 is 0 Å². The van der Waals surface area contributed by atoms with E-state index >= 15 is 0 Å². The Hall–Kier alpha value is 0.0800. The molecule has 0 atom stereocenters. The van der Waals surface area contributed by atoms with E-state index < -0.39 is 16.9 Å². The van der Waals surface area contributed by atoms with Crippen molar-refractivity contribution < 1.29 is 12.4 Å². The quantitative estimate of drug-likeness (QED) is 0.0348. The Bertz CT molecular complexity index is 855. The van der Waals surface area contributed by atoms with Crippen LogP contribution in [0.15, 0.2) is 12.2 Å². The third-order valence-electron chi connectivity index (χ3n) is 13.1. The second kappa shape index (κ2) is 40.2. The van der Waals surface area contributed by atoms with Crippen LogP contribution >= 0.6 is 6.83 Å². The van der Waals surface area contributed by atoms with Crippen LogP contribution in [0, 0.1) is 0 Å². The second-order valence-electron chi connectivity index (χ2n) is 19.2. The Morgan fingerprint density at radius 3 is 0.702 bits per heavy atom. The summed E-state index contributed by atoms with van der Waals surface area (Å²) in [5.41, 5.74) is 0.711. The summed E-state index contributed by atoms with van der Waals surface area (Å²) in [6.07, 6.45) is 56.8. The molecule has 57 heavy (non-hydrogen) atoms. The molecule has 0 radical (unpaired) electrons. The average Bonchev–Trinajstić information content (AvgIpc) is 3.17. The Labute approximate surface area is 361 Å². The molecule has 0 aliphatic rings. The fourth-order valence-corrected chi connectivity index (χ4v) is 19.5. The Morgan fingerprint density at radius 1 is 0.351 bits per heavy atom. The van der Waals surface area contributed by atoms with Gasteiger partial charge in [-0.3, -0.25) is 0 Å². The zero-order valence-electron chi connectivity index (χ0n) is 40.1. The van der Waals surface area contributed by atoms with Crippen molar-refractivity contribution in [3.8, 4) is 0 Å². The number of hydrogen-bond donors (Lipinski definition) is 0. The average molecular weight is 843 g/mol. The molecule has 0 fully saturated rings. The van der Waals surface area contributed by atoms with Gasteiger partial charge in [0.25, 0.3) is 0 Å². The first-order chi connectivity index (χ1) is 27.7. The first-order valence-corrected chi connectivity index (χ1v) is 30.7. The fourth-order valence-electron chi connectivity index (χ4n) is 9.47. The van der Waals surface area contributed by atoms with Gasteiger partial charge in [-0.15, -0.1) is 0 Å². The molecule has 0 aromatic rings. The zero-order valence-corrected chi connectivity index (χ0v) is 41.8. The molecule has 0 bridgehead atoms. The monoisotopic (exact) mass is 843 g/mol. The van der Waals surface area contributed by atoms with Crippen molar-refractivity contribution in [3.63, 3.8) is 0 Å². The summed E-state index contributed by atoms with van der Waals surface area (Å²) >= 11 is 0. The summed E-state index contributed by atoms with van der Waals surface area (Å²) in [5.74, 6) is -0.0168. The van der Waals surface area contributed by atoms with E-state index in [1.165, 1.54) is 231 Å². The SMILES string of the molecule is C=C(C)CS(=O)(=O)OP(CCCCCCCCCCCC)(CCCCCCCCCCCC)(CCCCCCCCCCCC)CCCCCCCCCCCC. The molecule has 0 rings (SSSR count). The number of hydrogen-bond acceptors (Lipinski definition) is 3. The van der Waals surface area contributed by atoms with Crippen molar-refractivity contribution in [1.82, 2.24) is 0 Å². The summed E-state index contributed by atoms with van der Waals surface area (Å²) in [6, 6.07) is 0. The van der Waals surface area contributed by atoms with E-state index in [9.17, 15) is 8.42 Å². The van der Waals surface area contributed by atoms with Gasteiger partial charge in [0.2, 0.25) is 0 Å². The maximum absolute atomic E-state index is 14.1. The van der Waals surface area contributed by atoms with E-state index in [2.05, 4.69) is 34.3 Å². The van der Waals surface area contributed by atoms with Gasteiger partial charge in [0.1, 0.15) is 0 Å². The molecule has 3 nitrogen and oxygen atoms in total. The van der Waals surface area contributed by atoms with Crippen LogP contribution in [0.3, 0.4) is 0 Å². The van der Waals surface area contributed by atoms with Crippen molar-refractivity contribution >= 4 is 16.9 Å². The van der Waals surface area contributed by atoms with Crippen LogP contribution < -0.4 is 0 Å². The van der Waals surface area contributed by atoms with E-state index in [1.807, 2.05) is 6.92 Å². The number of rotatable bonds is 48. The first-order valence-electron chi connectivity index (χ1n) is 26.3. The van der Waals surface area contributed by atoms with Crippen molar-refractivity contribution in [2.75, 3.05) is 30.4 Å². The van der Waals surface area contributed by atoms with Crippen LogP contribution in [0.5, 0.6) is 0 Å². The van der Waals surface area contributed by atoms with Gasteiger partial charge in [0.15, 0.2) is 0 Å². The van der Waals surface area contributed by atoms with Crippen molar-refractivity contribution in [2.45, 2.75) is 291 Å². The van der Waals surface area contributed by atoms with E-state index in [4.69, 9.17) is 3.97 Å². The van der Waals surface area contributed by atoms with Gasteiger partial charge in [0.05, 0.1) is 0 Å². The minimum absolute atomic E-state index is 0.0168. The molecular weight excluding hydrogens is 736 g/mol. The first kappa shape index (κ1) is 57.1. The molecule has 5 heteroatoms. The predicted molar refractivity (Wildman–Crippen MR) is 263 cm³/mol. The third kappa shape index (κ3) is 35.4. The molecule has 0 aromatic carbocycles. The summed E-state index contributed by atoms with van der Waals surface area (Å²) in [5, 5.41) is 0. The molecule has 0 aliphatic heterocycles. The van der Waals surface area contributed by atoms with Gasteiger partial charge >= 0.3 is 363 Å². The van der Waals surface area contributed by atoms with Gasteiger partial charge in [-0.1, -0.05) is 0 Å². The summed E-state index contributed by atoms with van der Waals surface area (Å²) in [7, 11) is -3.69. The van der Waals surface area contributed by atoms with Crippen LogP contribution in [0.2, 0.25) is 0 Å². The van der Waals surface area contributed by atoms with Crippen LogP contribution in [-0.2, 0) is 14.1 Å². The Morgan fingerprint density at radius 2 is 0.526 bits per heavy atom. The van der Waals surface area contributed by atoms with Crippen LogP contribution in [0.1, 0.15) is 291 Å². The topological polar surface area (TPSA) is 43.4 Å². The summed E-state index contributed by atoms with van der Waals surface area (Å²) < 4.78 is 35.4. The molecule has 0 N–H and O–H groups in total. The molecule has 0 amide bonds. The van der Waals surface area contributed by atoms with E-state index in [-0.39, 0.29) is 5.75 Å². The molecule has 344 valence electrons. The maximum atomic E-state index is 14.1. The van der Waals surface area contributed by atoms with Crippen molar-refractivity contribution in [1.29, 1.82) is 0 Å². The zero-order chi connectivity index (χ0) is 42.1. The van der Waals surface area contributed by atoms with Crippen LogP contribution in [0.25, 0.3) is 0 Å². The molecule has 0 aliphatic carbocycles. The van der Waals surface area contributed by atoms with Gasteiger partial charge in [-0.25, -0.2) is 0 Å². The molecular formula is C52H107O3PS. The third-order valence-corrected chi connectivity index (χ3v) is 22.3. The van der Waals surface area contributed by atoms with Crippen molar-refractivity contribution in [2.24, 2.45) is 0 Å². The Balaban J connectivity index is 6.02. The molecule has 0 spiro atoms. The van der Waals surface area contributed by atoms with E-state index in [0.29, 0.717) is 5.57 Å². The summed E-state index contributed by atoms with van der Waals surface area (Å²) in [6.45, 7) is 12.1. The Kier molecular flexibility index (Phi) is 40.2. The van der Waals surface area contributed by atoms with Crippen LogP contribution in [-0.4, -0.2) is 38.8 Å². The molecule has 0 heterocycles. The van der Waals surface area contributed by atoms with Crippen molar-refractivity contribution in [3.05, 3.63) is 12.2 Å². The molecule has 0 saturated heterocycles. The second-order valence-corrected chi connectivity index (χ2v) is 26.7.